The van der Waals surface area contributed by atoms with Crippen molar-refractivity contribution >= 4 is 28.4 Å². The summed E-state index contributed by atoms with van der Waals surface area (Å²) in [6.45, 7) is 0.486. The fourth-order valence-corrected chi connectivity index (χ4v) is 3.02. The third kappa shape index (κ3) is 3.34. The Balaban J connectivity index is 1.40. The van der Waals surface area contributed by atoms with E-state index in [1.54, 1.807) is 0 Å². The van der Waals surface area contributed by atoms with Crippen molar-refractivity contribution in [1.29, 1.82) is 0 Å². The minimum atomic E-state index is -0.280. The Hall–Kier alpha value is -3.05. The summed E-state index contributed by atoms with van der Waals surface area (Å²) in [6, 6.07) is 15.2. The first-order valence-electron chi connectivity index (χ1n) is 8.26. The Morgan fingerprint density at radius 2 is 2.04 bits per heavy atom. The van der Waals surface area contributed by atoms with E-state index in [1.165, 1.54) is 6.20 Å². The Kier molecular flexibility index (Phi) is 4.46. The maximum absolute atomic E-state index is 12.3. The quantitative estimate of drug-likeness (QED) is 0.549. The van der Waals surface area contributed by atoms with Crippen LogP contribution in [0.15, 0.2) is 65.3 Å². The highest BCUT2D eigenvalue weighted by molar-refractivity contribution is 6.31. The average Bonchev–Trinajstić information content (AvgIpc) is 3.30. The molecular weight excluding hydrogens is 350 g/mol. The number of rotatable bonds is 5. The lowest BCUT2D eigenvalue weighted by molar-refractivity contribution is 0.0927. The first-order chi connectivity index (χ1) is 12.7. The molecule has 2 aromatic carbocycles. The zero-order valence-corrected chi connectivity index (χ0v) is 14.6. The molecule has 5 nitrogen and oxygen atoms in total. The van der Waals surface area contributed by atoms with Crippen molar-refractivity contribution in [3.8, 4) is 11.5 Å². The SMILES string of the molecule is O=C(NCCc1c[nH]c2ccc(Cl)cc12)c1cnc(-c2ccccc2)o1. The third-order valence-electron chi connectivity index (χ3n) is 4.16. The normalized spacial score (nSPS) is 11.0. The van der Waals surface area contributed by atoms with Gasteiger partial charge in [-0.15, -0.1) is 0 Å². The topological polar surface area (TPSA) is 70.9 Å². The molecule has 0 spiro atoms. The van der Waals surface area contributed by atoms with Crippen molar-refractivity contribution in [1.82, 2.24) is 15.3 Å². The zero-order valence-electron chi connectivity index (χ0n) is 13.8. The molecule has 0 unspecified atom stereocenters. The highest BCUT2D eigenvalue weighted by Gasteiger charge is 2.13. The number of oxazole rings is 1. The van der Waals surface area contributed by atoms with Gasteiger partial charge in [-0.25, -0.2) is 4.98 Å². The summed E-state index contributed by atoms with van der Waals surface area (Å²) < 4.78 is 5.56. The summed E-state index contributed by atoms with van der Waals surface area (Å²) in [4.78, 5) is 19.6. The van der Waals surface area contributed by atoms with Gasteiger partial charge in [-0.2, -0.15) is 0 Å². The summed E-state index contributed by atoms with van der Waals surface area (Å²) in [6.07, 6.45) is 4.07. The highest BCUT2D eigenvalue weighted by atomic mass is 35.5. The lowest BCUT2D eigenvalue weighted by Gasteiger charge is -2.03. The number of hydrogen-bond donors (Lipinski definition) is 2. The lowest BCUT2D eigenvalue weighted by Crippen LogP contribution is -2.25. The largest absolute Gasteiger partial charge is 0.431 e. The molecule has 4 rings (SSSR count). The molecule has 0 radical (unpaired) electrons. The Labute approximate surface area is 155 Å². The van der Waals surface area contributed by atoms with Crippen molar-refractivity contribution in [2.45, 2.75) is 6.42 Å². The van der Waals surface area contributed by atoms with E-state index in [2.05, 4.69) is 15.3 Å². The molecule has 1 amide bonds. The smallest absolute Gasteiger partial charge is 0.288 e. The predicted octanol–water partition coefficient (Wildman–Crippen LogP) is 4.45. The molecular formula is C20H16ClN3O2. The number of benzene rings is 2. The Bertz CT molecular complexity index is 1050. The van der Waals surface area contributed by atoms with Crippen LogP contribution in [0.2, 0.25) is 5.02 Å². The van der Waals surface area contributed by atoms with Crippen molar-refractivity contribution in [3.05, 3.63) is 77.3 Å². The third-order valence-corrected chi connectivity index (χ3v) is 4.39. The second kappa shape index (κ2) is 7.06. The molecule has 130 valence electrons. The number of halogens is 1. The van der Waals surface area contributed by atoms with Gasteiger partial charge in [-0.1, -0.05) is 29.8 Å². The summed E-state index contributed by atoms with van der Waals surface area (Å²) in [5.41, 5.74) is 2.96. The zero-order chi connectivity index (χ0) is 17.9. The number of fused-ring (bicyclic) bond motifs is 1. The number of carbonyl (C=O) groups is 1. The summed E-state index contributed by atoms with van der Waals surface area (Å²) in [7, 11) is 0. The van der Waals surface area contributed by atoms with Gasteiger partial charge in [0, 0.05) is 34.2 Å². The molecule has 0 aliphatic heterocycles. The van der Waals surface area contributed by atoms with Gasteiger partial charge < -0.3 is 14.7 Å². The second-order valence-corrected chi connectivity index (χ2v) is 6.34. The summed E-state index contributed by atoms with van der Waals surface area (Å²) in [5.74, 6) is 0.352. The Morgan fingerprint density at radius 1 is 1.19 bits per heavy atom. The van der Waals surface area contributed by atoms with Crippen LogP contribution in [-0.4, -0.2) is 22.4 Å². The van der Waals surface area contributed by atoms with E-state index < -0.39 is 0 Å². The van der Waals surface area contributed by atoms with Crippen LogP contribution >= 0.6 is 11.6 Å². The molecule has 26 heavy (non-hydrogen) atoms. The van der Waals surface area contributed by atoms with Crippen molar-refractivity contribution in [3.63, 3.8) is 0 Å². The number of hydrogen-bond acceptors (Lipinski definition) is 3. The van der Waals surface area contributed by atoms with E-state index in [1.807, 2.05) is 54.7 Å². The molecule has 0 saturated carbocycles. The summed E-state index contributed by atoms with van der Waals surface area (Å²) in [5, 5.41) is 4.62. The molecule has 2 N–H and O–H groups in total. The maximum atomic E-state index is 12.3. The maximum Gasteiger partial charge on any atom is 0.288 e. The van der Waals surface area contributed by atoms with E-state index in [0.717, 1.165) is 22.0 Å². The van der Waals surface area contributed by atoms with Crippen LogP contribution in [-0.2, 0) is 6.42 Å². The number of aromatic nitrogens is 2. The van der Waals surface area contributed by atoms with E-state index in [4.69, 9.17) is 16.0 Å². The van der Waals surface area contributed by atoms with Crippen molar-refractivity contribution < 1.29 is 9.21 Å². The molecule has 0 saturated heterocycles. The van der Waals surface area contributed by atoms with Gasteiger partial charge in [0.1, 0.15) is 0 Å². The minimum absolute atomic E-state index is 0.200. The Morgan fingerprint density at radius 3 is 2.88 bits per heavy atom. The van der Waals surface area contributed by atoms with Crippen LogP contribution in [0.4, 0.5) is 0 Å². The molecule has 0 fully saturated rings. The van der Waals surface area contributed by atoms with E-state index >= 15 is 0 Å². The number of nitrogens with zero attached hydrogens (tertiary/aromatic N) is 1. The number of aromatic amines is 1. The van der Waals surface area contributed by atoms with Gasteiger partial charge in [0.05, 0.1) is 6.20 Å². The van der Waals surface area contributed by atoms with Crippen molar-refractivity contribution in [2.24, 2.45) is 0 Å². The van der Waals surface area contributed by atoms with Crippen LogP contribution in [0.25, 0.3) is 22.4 Å². The average molecular weight is 366 g/mol. The molecule has 0 aliphatic rings. The standard InChI is InChI=1S/C20H16ClN3O2/c21-15-6-7-17-16(10-15)14(11-23-17)8-9-22-19(25)18-12-24-20(26-18)13-4-2-1-3-5-13/h1-7,10-12,23H,8-9H2,(H,22,25). The van der Waals surface area contributed by atoms with Crippen LogP contribution in [0.1, 0.15) is 16.1 Å². The van der Waals surface area contributed by atoms with Gasteiger partial charge in [-0.3, -0.25) is 4.79 Å². The molecule has 0 bridgehead atoms. The molecule has 2 aromatic heterocycles. The lowest BCUT2D eigenvalue weighted by atomic mass is 10.1. The van der Waals surface area contributed by atoms with Gasteiger partial charge in [0.2, 0.25) is 11.7 Å². The van der Waals surface area contributed by atoms with E-state index in [9.17, 15) is 4.79 Å². The van der Waals surface area contributed by atoms with Gasteiger partial charge in [0.15, 0.2) is 0 Å². The van der Waals surface area contributed by atoms with E-state index in [-0.39, 0.29) is 11.7 Å². The molecule has 4 aromatic rings. The van der Waals surface area contributed by atoms with Crippen LogP contribution in [0.3, 0.4) is 0 Å². The van der Waals surface area contributed by atoms with Gasteiger partial charge >= 0.3 is 0 Å². The fraction of sp³-hybridized carbons (Fsp3) is 0.100. The van der Waals surface area contributed by atoms with Crippen LogP contribution in [0, 0.1) is 0 Å². The molecule has 2 heterocycles. The van der Waals surface area contributed by atoms with Gasteiger partial charge in [-0.05, 0) is 42.3 Å². The monoisotopic (exact) mass is 365 g/mol. The number of H-pyrrole nitrogens is 1. The minimum Gasteiger partial charge on any atom is -0.431 e. The molecule has 6 heteroatoms. The van der Waals surface area contributed by atoms with Crippen LogP contribution < -0.4 is 5.32 Å². The first kappa shape index (κ1) is 16.4. The fourth-order valence-electron chi connectivity index (χ4n) is 2.85. The number of nitrogens with one attached hydrogen (secondary N) is 2. The molecule has 0 atom stereocenters. The van der Waals surface area contributed by atoms with Crippen molar-refractivity contribution in [2.75, 3.05) is 6.54 Å². The number of amides is 1. The van der Waals surface area contributed by atoms with Crippen LogP contribution in [0.5, 0.6) is 0 Å². The summed E-state index contributed by atoms with van der Waals surface area (Å²) >= 11 is 6.06. The number of carbonyl (C=O) groups excluding carboxylic acids is 1. The van der Waals surface area contributed by atoms with Gasteiger partial charge in [0.25, 0.3) is 5.91 Å². The second-order valence-electron chi connectivity index (χ2n) is 5.91. The molecule has 0 aliphatic carbocycles. The van der Waals surface area contributed by atoms with E-state index in [0.29, 0.717) is 23.9 Å². The predicted molar refractivity (Wildman–Crippen MR) is 101 cm³/mol. The first-order valence-corrected chi connectivity index (χ1v) is 8.63. The highest BCUT2D eigenvalue weighted by Crippen LogP contribution is 2.22.